The Balaban J connectivity index is 1.42. The second-order valence-electron chi connectivity index (χ2n) is 7.46. The van der Waals surface area contributed by atoms with Gasteiger partial charge in [0.05, 0.1) is 5.36 Å². The van der Waals surface area contributed by atoms with Gasteiger partial charge in [-0.3, -0.25) is 15.1 Å². The van der Waals surface area contributed by atoms with Crippen LogP contribution in [0.15, 0.2) is 82.9 Å². The van der Waals surface area contributed by atoms with Crippen LogP contribution >= 0.6 is 11.8 Å². The van der Waals surface area contributed by atoms with Crippen LogP contribution in [0.2, 0.25) is 0 Å². The van der Waals surface area contributed by atoms with Crippen LogP contribution in [0.25, 0.3) is 5.70 Å². The van der Waals surface area contributed by atoms with Crippen molar-refractivity contribution >= 4 is 28.5 Å². The third-order valence-electron chi connectivity index (χ3n) is 5.43. The molecule has 3 aliphatic rings. The van der Waals surface area contributed by atoms with E-state index in [0.717, 1.165) is 21.7 Å². The van der Waals surface area contributed by atoms with Crippen LogP contribution in [0, 0.1) is 0 Å². The lowest BCUT2D eigenvalue weighted by Crippen LogP contribution is -2.50. The van der Waals surface area contributed by atoms with E-state index < -0.39 is 6.17 Å². The highest BCUT2D eigenvalue weighted by atomic mass is 32.2. The molecule has 1 amide bonds. The number of carbonyl (C=O) groups excluding carboxylic acids is 1. The summed E-state index contributed by atoms with van der Waals surface area (Å²) in [5.41, 5.74) is 2.51. The molecule has 0 spiro atoms. The van der Waals surface area contributed by atoms with Gasteiger partial charge in [-0.05, 0) is 23.8 Å². The number of para-hydroxylation sites is 1. The number of fused-ring (bicyclic) bond motifs is 3. The summed E-state index contributed by atoms with van der Waals surface area (Å²) in [5, 5.41) is 11.5. The van der Waals surface area contributed by atoms with Gasteiger partial charge in [0, 0.05) is 16.5 Å². The van der Waals surface area contributed by atoms with Crippen LogP contribution in [0.5, 0.6) is 11.5 Å². The molecule has 32 heavy (non-hydrogen) atoms. The molecular weight excluding hydrogens is 424 g/mol. The van der Waals surface area contributed by atoms with Gasteiger partial charge in [-0.1, -0.05) is 66.4 Å². The van der Waals surface area contributed by atoms with Gasteiger partial charge in [0.2, 0.25) is 6.79 Å². The Hall–Kier alpha value is -3.78. The topological polar surface area (TPSA) is 75.5 Å². The summed E-state index contributed by atoms with van der Waals surface area (Å²) in [6.07, 6.45) is -0.493. The number of rotatable bonds is 3. The number of benzene rings is 3. The highest BCUT2D eigenvalue weighted by molar-refractivity contribution is 8.13. The zero-order valence-corrected chi connectivity index (χ0v) is 17.7. The number of ether oxygens (including phenoxy) is 2. The van der Waals surface area contributed by atoms with Crippen molar-refractivity contribution < 1.29 is 14.3 Å². The second kappa shape index (κ2) is 7.72. The van der Waals surface area contributed by atoms with Crippen LogP contribution in [0.1, 0.15) is 17.3 Å². The lowest BCUT2D eigenvalue weighted by molar-refractivity contribution is -0.116. The standard InChI is InChI=1S/C24H18N4O3S/c29-23-21-17-8-4-5-9-18(17)25-22(16-10-11-19-20(12-16)31-14-30-19)28(21)27-24(26-23)32-13-15-6-2-1-3-7-15/h1-12,22H,13-14H2,(H,26,27,29)/t22-/m0/s1. The zero-order valence-electron chi connectivity index (χ0n) is 16.9. The molecular formula is C24H18N4O3S. The number of hydrazone groups is 1. The molecule has 3 aromatic rings. The van der Waals surface area contributed by atoms with Crippen molar-refractivity contribution in [3.63, 3.8) is 0 Å². The largest absolute Gasteiger partial charge is 0.454 e. The van der Waals surface area contributed by atoms with E-state index in [1.54, 1.807) is 5.01 Å². The average molecular weight is 443 g/mol. The van der Waals surface area contributed by atoms with E-state index in [-0.39, 0.29) is 12.7 Å². The Morgan fingerprint density at radius 3 is 2.72 bits per heavy atom. The first-order valence-corrected chi connectivity index (χ1v) is 11.2. The molecule has 0 aliphatic carbocycles. The molecule has 3 aliphatic heterocycles. The fourth-order valence-electron chi connectivity index (χ4n) is 3.91. The van der Waals surface area contributed by atoms with E-state index in [4.69, 9.17) is 19.6 Å². The lowest BCUT2D eigenvalue weighted by atomic mass is 10.1. The number of nitrogens with one attached hydrogen (secondary N) is 1. The molecule has 8 heteroatoms. The first kappa shape index (κ1) is 18.9. The van der Waals surface area contributed by atoms with E-state index in [1.165, 1.54) is 11.8 Å². The number of nitrogens with zero attached hydrogens (tertiary/aromatic N) is 3. The highest BCUT2D eigenvalue weighted by Crippen LogP contribution is 2.38. The molecule has 1 atom stereocenters. The molecule has 0 saturated heterocycles. The van der Waals surface area contributed by atoms with E-state index >= 15 is 0 Å². The molecule has 7 nitrogen and oxygen atoms in total. The summed E-state index contributed by atoms with van der Waals surface area (Å²) in [4.78, 5) is 18.1. The summed E-state index contributed by atoms with van der Waals surface area (Å²) >= 11 is 1.49. The number of carbonyl (C=O) groups is 1. The summed E-state index contributed by atoms with van der Waals surface area (Å²) in [5.74, 6) is 1.88. The van der Waals surface area contributed by atoms with E-state index in [9.17, 15) is 4.79 Å². The van der Waals surface area contributed by atoms with Crippen LogP contribution < -0.4 is 25.4 Å². The van der Waals surface area contributed by atoms with Gasteiger partial charge in [-0.25, -0.2) is 5.01 Å². The number of hydrogen-bond donors (Lipinski definition) is 1. The number of thioether (sulfide) groups is 1. The van der Waals surface area contributed by atoms with Crippen molar-refractivity contribution in [2.24, 2.45) is 10.1 Å². The van der Waals surface area contributed by atoms with Gasteiger partial charge in [-0.2, -0.15) is 0 Å². The van der Waals surface area contributed by atoms with Crippen molar-refractivity contribution in [3.8, 4) is 11.5 Å². The van der Waals surface area contributed by atoms with Crippen molar-refractivity contribution in [1.29, 1.82) is 0 Å². The van der Waals surface area contributed by atoms with Crippen LogP contribution in [-0.4, -0.2) is 22.9 Å². The minimum atomic E-state index is -0.493. The number of amidine groups is 1. The number of amides is 1. The van der Waals surface area contributed by atoms with E-state index in [2.05, 4.69) is 17.4 Å². The third-order valence-corrected chi connectivity index (χ3v) is 6.36. The molecule has 6 rings (SSSR count). The van der Waals surface area contributed by atoms with Gasteiger partial charge in [0.25, 0.3) is 5.91 Å². The van der Waals surface area contributed by atoms with Crippen molar-refractivity contribution in [2.45, 2.75) is 11.9 Å². The van der Waals surface area contributed by atoms with Gasteiger partial charge < -0.3 is 9.47 Å². The lowest BCUT2D eigenvalue weighted by Gasteiger charge is -2.34. The molecule has 1 N–H and O–H groups in total. The maximum absolute atomic E-state index is 13.2. The fraction of sp³-hybridized carbons (Fsp3) is 0.125. The van der Waals surface area contributed by atoms with Gasteiger partial charge >= 0.3 is 0 Å². The Bertz CT molecular complexity index is 1370. The molecule has 0 aromatic heterocycles. The van der Waals surface area contributed by atoms with E-state index in [0.29, 0.717) is 28.1 Å². The predicted molar refractivity (Wildman–Crippen MR) is 121 cm³/mol. The van der Waals surface area contributed by atoms with Crippen LogP contribution in [0.4, 0.5) is 0 Å². The summed E-state index contributed by atoms with van der Waals surface area (Å²) in [6.45, 7) is 0.200. The van der Waals surface area contributed by atoms with Gasteiger partial charge in [-0.15, -0.1) is 5.10 Å². The summed E-state index contributed by atoms with van der Waals surface area (Å²) in [7, 11) is 0. The van der Waals surface area contributed by atoms with Gasteiger partial charge in [0.15, 0.2) is 22.8 Å². The molecule has 0 bridgehead atoms. The predicted octanol–water partition coefficient (Wildman–Crippen LogP) is 2.49. The second-order valence-corrected chi connectivity index (χ2v) is 8.42. The fourth-order valence-corrected chi connectivity index (χ4v) is 4.72. The molecule has 0 fully saturated rings. The quantitative estimate of drug-likeness (QED) is 0.675. The minimum absolute atomic E-state index is 0.191. The van der Waals surface area contributed by atoms with Crippen molar-refractivity contribution in [1.82, 2.24) is 10.3 Å². The van der Waals surface area contributed by atoms with Crippen molar-refractivity contribution in [3.05, 3.63) is 94.5 Å². The Kier molecular flexibility index (Phi) is 4.57. The van der Waals surface area contributed by atoms with Gasteiger partial charge in [0.1, 0.15) is 5.70 Å². The van der Waals surface area contributed by atoms with Crippen molar-refractivity contribution in [2.75, 3.05) is 6.79 Å². The minimum Gasteiger partial charge on any atom is -0.454 e. The smallest absolute Gasteiger partial charge is 0.276 e. The maximum atomic E-state index is 13.2. The maximum Gasteiger partial charge on any atom is 0.276 e. The molecule has 3 heterocycles. The highest BCUT2D eigenvalue weighted by Gasteiger charge is 2.35. The SMILES string of the molecule is O=C1NC(SCc2ccccc2)=NN2C1=c1ccccc1=N[C@@H]2c1ccc2c(c1)OCO2. The van der Waals surface area contributed by atoms with E-state index in [1.807, 2.05) is 60.7 Å². The first-order chi connectivity index (χ1) is 15.8. The molecule has 3 aromatic carbocycles. The first-order valence-electron chi connectivity index (χ1n) is 10.2. The van der Waals surface area contributed by atoms with Crippen LogP contribution in [0.3, 0.4) is 0 Å². The molecule has 0 unspecified atom stereocenters. The average Bonchev–Trinajstić information content (AvgIpc) is 3.30. The Morgan fingerprint density at radius 2 is 1.81 bits per heavy atom. The summed E-state index contributed by atoms with van der Waals surface area (Å²) < 4.78 is 11.0. The third kappa shape index (κ3) is 3.29. The molecule has 0 saturated carbocycles. The Labute approximate surface area is 188 Å². The molecule has 158 valence electrons. The Morgan fingerprint density at radius 1 is 1.00 bits per heavy atom. The monoisotopic (exact) mass is 442 g/mol. The number of hydrogen-bond acceptors (Lipinski definition) is 7. The summed E-state index contributed by atoms with van der Waals surface area (Å²) in [6, 6.07) is 23.4. The van der Waals surface area contributed by atoms with Crippen LogP contribution in [-0.2, 0) is 10.5 Å². The normalized spacial score (nSPS) is 18.3. The molecule has 0 radical (unpaired) electrons. The zero-order chi connectivity index (χ0) is 21.5.